The van der Waals surface area contributed by atoms with Gasteiger partial charge in [-0.3, -0.25) is 4.79 Å². The van der Waals surface area contributed by atoms with Crippen molar-refractivity contribution >= 4 is 10.9 Å². The summed E-state index contributed by atoms with van der Waals surface area (Å²) in [5, 5.41) is 7.39. The van der Waals surface area contributed by atoms with Crippen molar-refractivity contribution in [2.75, 3.05) is 0 Å². The molecule has 11 heteroatoms. The standard InChI is InChI=1S/C14H7F6N3O2/c1-6-10-5-25-22-11(10)12(24)23(21-6)9-3-7(13(15,16)17)2-8(4-9)14(18,19)20/h2-5H,1H3. The molecule has 1 aromatic carbocycles. The SMILES string of the molecule is Cc1nn(-c2cc(C(F)(F)F)cc(C(F)(F)F)c2)c(=O)c2nocc12. The molecule has 2 heterocycles. The normalized spacial score (nSPS) is 12.8. The van der Waals surface area contributed by atoms with Crippen molar-refractivity contribution in [2.45, 2.75) is 19.3 Å². The van der Waals surface area contributed by atoms with E-state index in [2.05, 4.69) is 14.8 Å². The highest BCUT2D eigenvalue weighted by atomic mass is 19.4. The third kappa shape index (κ3) is 2.96. The minimum atomic E-state index is -5.04. The minimum absolute atomic E-state index is 0.0317. The summed E-state index contributed by atoms with van der Waals surface area (Å²) in [5.41, 5.74) is -4.88. The number of hydrogen-bond donors (Lipinski definition) is 0. The quantitative estimate of drug-likeness (QED) is 0.619. The number of halogens is 6. The van der Waals surface area contributed by atoms with Gasteiger partial charge in [-0.1, -0.05) is 5.16 Å². The van der Waals surface area contributed by atoms with E-state index in [0.717, 1.165) is 6.26 Å². The molecule has 0 spiro atoms. The van der Waals surface area contributed by atoms with Gasteiger partial charge in [0.05, 0.1) is 27.9 Å². The molecule has 3 rings (SSSR count). The molecule has 0 N–H and O–H groups in total. The summed E-state index contributed by atoms with van der Waals surface area (Å²) in [7, 11) is 0. The van der Waals surface area contributed by atoms with Gasteiger partial charge in [0.25, 0.3) is 0 Å². The Bertz CT molecular complexity index is 984. The molecule has 3 aromatic rings. The van der Waals surface area contributed by atoms with Crippen LogP contribution in [0.5, 0.6) is 0 Å². The third-order valence-corrected chi connectivity index (χ3v) is 3.42. The van der Waals surface area contributed by atoms with Crippen LogP contribution in [0.2, 0.25) is 0 Å². The monoisotopic (exact) mass is 363 g/mol. The van der Waals surface area contributed by atoms with Crippen LogP contribution in [0, 0.1) is 6.92 Å². The number of rotatable bonds is 1. The molecule has 0 radical (unpaired) electrons. The number of benzene rings is 1. The fourth-order valence-corrected chi connectivity index (χ4v) is 2.23. The summed E-state index contributed by atoms with van der Waals surface area (Å²) < 4.78 is 82.6. The van der Waals surface area contributed by atoms with Crippen molar-refractivity contribution in [1.82, 2.24) is 14.9 Å². The fraction of sp³-hybridized carbons (Fsp3) is 0.214. The summed E-state index contributed by atoms with van der Waals surface area (Å²) in [5.74, 6) is 0. The van der Waals surface area contributed by atoms with E-state index in [9.17, 15) is 31.1 Å². The molecule has 2 aromatic heterocycles. The second-order valence-corrected chi connectivity index (χ2v) is 5.14. The van der Waals surface area contributed by atoms with Crippen molar-refractivity contribution in [3.63, 3.8) is 0 Å². The van der Waals surface area contributed by atoms with Crippen LogP contribution in [0.15, 0.2) is 33.8 Å². The number of nitrogens with zero attached hydrogens (tertiary/aromatic N) is 3. The van der Waals surface area contributed by atoms with E-state index in [1.807, 2.05) is 0 Å². The first-order chi connectivity index (χ1) is 11.5. The summed E-state index contributed by atoms with van der Waals surface area (Å²) >= 11 is 0. The lowest BCUT2D eigenvalue weighted by Crippen LogP contribution is -2.23. The second-order valence-electron chi connectivity index (χ2n) is 5.14. The van der Waals surface area contributed by atoms with Crippen LogP contribution in [-0.2, 0) is 12.4 Å². The molecule has 0 unspecified atom stereocenters. The topological polar surface area (TPSA) is 60.9 Å². The van der Waals surface area contributed by atoms with Crippen LogP contribution in [0.3, 0.4) is 0 Å². The molecule has 132 valence electrons. The van der Waals surface area contributed by atoms with Crippen molar-refractivity contribution in [3.05, 3.63) is 51.6 Å². The Kier molecular flexibility index (Phi) is 3.62. The van der Waals surface area contributed by atoms with Crippen LogP contribution >= 0.6 is 0 Å². The highest BCUT2D eigenvalue weighted by molar-refractivity contribution is 5.78. The van der Waals surface area contributed by atoms with E-state index < -0.39 is 34.7 Å². The van der Waals surface area contributed by atoms with E-state index in [1.165, 1.54) is 6.92 Å². The average Bonchev–Trinajstić information content (AvgIpc) is 2.99. The third-order valence-electron chi connectivity index (χ3n) is 3.42. The maximum absolute atomic E-state index is 12.9. The summed E-state index contributed by atoms with van der Waals surface area (Å²) in [6, 6.07) is 0.792. The number of fused-ring (bicyclic) bond motifs is 1. The average molecular weight is 363 g/mol. The maximum Gasteiger partial charge on any atom is 0.416 e. The van der Waals surface area contributed by atoms with Crippen molar-refractivity contribution < 1.29 is 30.9 Å². The fourth-order valence-electron chi connectivity index (χ4n) is 2.23. The molecule has 0 amide bonds. The van der Waals surface area contributed by atoms with Crippen molar-refractivity contribution in [1.29, 1.82) is 0 Å². The predicted molar refractivity (Wildman–Crippen MR) is 72.1 cm³/mol. The maximum atomic E-state index is 12.9. The Morgan fingerprint density at radius 2 is 1.56 bits per heavy atom. The van der Waals surface area contributed by atoms with E-state index in [4.69, 9.17) is 0 Å². The lowest BCUT2D eigenvalue weighted by atomic mass is 10.1. The molecule has 0 saturated carbocycles. The highest BCUT2D eigenvalue weighted by Gasteiger charge is 2.37. The molecule has 5 nitrogen and oxygen atoms in total. The summed E-state index contributed by atoms with van der Waals surface area (Å²) in [6.07, 6.45) is -8.96. The smallest absolute Gasteiger partial charge is 0.363 e. The predicted octanol–water partition coefficient (Wildman–Crippen LogP) is 3.72. The van der Waals surface area contributed by atoms with Crippen molar-refractivity contribution in [3.8, 4) is 5.69 Å². The molecule has 0 aliphatic heterocycles. The first-order valence-electron chi connectivity index (χ1n) is 6.62. The minimum Gasteiger partial charge on any atom is -0.363 e. The van der Waals surface area contributed by atoms with Crippen LogP contribution in [0.1, 0.15) is 16.8 Å². The van der Waals surface area contributed by atoms with Gasteiger partial charge < -0.3 is 4.52 Å². The molecular formula is C14H7F6N3O2. The van der Waals surface area contributed by atoms with Gasteiger partial charge in [-0.15, -0.1) is 0 Å². The van der Waals surface area contributed by atoms with Gasteiger partial charge in [0.2, 0.25) is 0 Å². The highest BCUT2D eigenvalue weighted by Crippen LogP contribution is 2.36. The van der Waals surface area contributed by atoms with Gasteiger partial charge in [-0.25, -0.2) is 0 Å². The van der Waals surface area contributed by atoms with Crippen LogP contribution in [0.25, 0.3) is 16.6 Å². The van der Waals surface area contributed by atoms with Crippen LogP contribution < -0.4 is 5.56 Å². The van der Waals surface area contributed by atoms with Gasteiger partial charge in [0, 0.05) is 0 Å². The van der Waals surface area contributed by atoms with E-state index in [0.29, 0.717) is 16.8 Å². The zero-order chi connectivity index (χ0) is 18.6. The number of alkyl halides is 6. The molecule has 0 bridgehead atoms. The number of aryl methyl sites for hydroxylation is 1. The second kappa shape index (κ2) is 5.33. The summed E-state index contributed by atoms with van der Waals surface area (Å²) in [6.45, 7) is 1.41. The van der Waals surface area contributed by atoms with E-state index in [1.54, 1.807) is 0 Å². The first kappa shape index (κ1) is 17.0. The Morgan fingerprint density at radius 1 is 1.00 bits per heavy atom. The molecule has 0 atom stereocenters. The molecule has 0 saturated heterocycles. The van der Waals surface area contributed by atoms with Crippen LogP contribution in [-0.4, -0.2) is 14.9 Å². The zero-order valence-electron chi connectivity index (χ0n) is 12.2. The zero-order valence-corrected chi connectivity index (χ0v) is 12.2. The Balaban J connectivity index is 2.34. The van der Waals surface area contributed by atoms with Gasteiger partial charge in [-0.2, -0.15) is 36.1 Å². The lowest BCUT2D eigenvalue weighted by molar-refractivity contribution is -0.143. The van der Waals surface area contributed by atoms with Gasteiger partial charge >= 0.3 is 17.9 Å². The molecule has 0 fully saturated rings. The molecular weight excluding hydrogens is 356 g/mol. The molecule has 25 heavy (non-hydrogen) atoms. The first-order valence-corrected chi connectivity index (χ1v) is 6.62. The Labute approximate surface area is 134 Å². The van der Waals surface area contributed by atoms with Gasteiger partial charge in [-0.05, 0) is 25.1 Å². The number of aromatic nitrogens is 3. The van der Waals surface area contributed by atoms with E-state index in [-0.39, 0.29) is 22.7 Å². The van der Waals surface area contributed by atoms with Gasteiger partial charge in [0.15, 0.2) is 5.52 Å². The Hall–Kier alpha value is -2.85. The Morgan fingerprint density at radius 3 is 2.08 bits per heavy atom. The van der Waals surface area contributed by atoms with Crippen LogP contribution in [0.4, 0.5) is 26.3 Å². The number of hydrogen-bond acceptors (Lipinski definition) is 4. The largest absolute Gasteiger partial charge is 0.416 e. The van der Waals surface area contributed by atoms with Crippen molar-refractivity contribution in [2.24, 2.45) is 0 Å². The lowest BCUT2D eigenvalue weighted by Gasteiger charge is -2.15. The van der Waals surface area contributed by atoms with Gasteiger partial charge in [0.1, 0.15) is 6.26 Å². The molecule has 0 aliphatic rings. The molecule has 0 aliphatic carbocycles. The summed E-state index contributed by atoms with van der Waals surface area (Å²) in [4.78, 5) is 12.3. The van der Waals surface area contributed by atoms with E-state index >= 15 is 0 Å².